The Balaban J connectivity index is 1.21. The van der Waals surface area contributed by atoms with Gasteiger partial charge in [-0.05, 0) is 68.6 Å². The van der Waals surface area contributed by atoms with E-state index in [0.29, 0.717) is 37.8 Å². The number of benzene rings is 1. The van der Waals surface area contributed by atoms with Crippen LogP contribution in [0.3, 0.4) is 0 Å². The van der Waals surface area contributed by atoms with E-state index in [2.05, 4.69) is 4.98 Å². The summed E-state index contributed by atoms with van der Waals surface area (Å²) in [5.41, 5.74) is -0.820. The van der Waals surface area contributed by atoms with Gasteiger partial charge in [0.05, 0.1) is 11.2 Å². The number of Topliss-reactive ketones (excluding diaryl/α,β-unsaturated/α-hetero) is 1. The van der Waals surface area contributed by atoms with Crippen LogP contribution in [0.15, 0.2) is 48.8 Å². The Bertz CT molecular complexity index is 1030. The van der Waals surface area contributed by atoms with Gasteiger partial charge in [0.1, 0.15) is 0 Å². The molecular formula is C27H31F3N2O3. The molecule has 1 aromatic carbocycles. The van der Waals surface area contributed by atoms with E-state index in [4.69, 9.17) is 0 Å². The Kier molecular flexibility index (Phi) is 7.59. The molecule has 2 aliphatic rings. The van der Waals surface area contributed by atoms with Crippen molar-refractivity contribution in [1.82, 2.24) is 9.88 Å². The van der Waals surface area contributed by atoms with Crippen LogP contribution in [0.4, 0.5) is 13.2 Å². The zero-order valence-electron chi connectivity index (χ0n) is 19.6. The quantitative estimate of drug-likeness (QED) is 0.532. The smallest absolute Gasteiger partial charge is 0.385 e. The fourth-order valence-corrected chi connectivity index (χ4v) is 5.43. The van der Waals surface area contributed by atoms with Crippen molar-refractivity contribution >= 4 is 11.7 Å². The van der Waals surface area contributed by atoms with Gasteiger partial charge in [0.15, 0.2) is 5.78 Å². The van der Waals surface area contributed by atoms with Crippen molar-refractivity contribution < 1.29 is 27.9 Å². The van der Waals surface area contributed by atoms with Gasteiger partial charge in [0.2, 0.25) is 5.91 Å². The molecule has 0 spiro atoms. The molecule has 1 aromatic heterocycles. The number of alkyl halides is 3. The number of hydrogen-bond acceptors (Lipinski definition) is 4. The van der Waals surface area contributed by atoms with E-state index >= 15 is 0 Å². The SMILES string of the molecule is O=C(CCC(=O)N1CCC(CC2CCC(O)(c3cccnc3)CC2)C1)c1cccc(C(F)(F)F)c1. The first-order valence-electron chi connectivity index (χ1n) is 12.3. The number of amides is 1. The van der Waals surface area contributed by atoms with Crippen LogP contribution < -0.4 is 0 Å². The van der Waals surface area contributed by atoms with E-state index < -0.39 is 23.1 Å². The highest BCUT2D eigenvalue weighted by Crippen LogP contribution is 2.42. The Hall–Kier alpha value is -2.74. The van der Waals surface area contributed by atoms with Crippen LogP contribution in [-0.2, 0) is 16.6 Å². The zero-order valence-corrected chi connectivity index (χ0v) is 19.6. The molecule has 188 valence electrons. The molecule has 4 rings (SSSR count). The molecule has 1 amide bonds. The van der Waals surface area contributed by atoms with Crippen LogP contribution in [0.25, 0.3) is 0 Å². The van der Waals surface area contributed by atoms with Crippen molar-refractivity contribution in [2.24, 2.45) is 11.8 Å². The number of hydrogen-bond donors (Lipinski definition) is 1. The average molecular weight is 489 g/mol. The number of halogens is 3. The van der Waals surface area contributed by atoms with Crippen molar-refractivity contribution in [3.8, 4) is 0 Å². The molecule has 0 bridgehead atoms. The first kappa shape index (κ1) is 25.4. The van der Waals surface area contributed by atoms with Gasteiger partial charge in [-0.15, -0.1) is 0 Å². The molecular weight excluding hydrogens is 457 g/mol. The number of aromatic nitrogens is 1. The van der Waals surface area contributed by atoms with Gasteiger partial charge in [-0.25, -0.2) is 0 Å². The minimum Gasteiger partial charge on any atom is -0.385 e. The van der Waals surface area contributed by atoms with Crippen molar-refractivity contribution in [3.63, 3.8) is 0 Å². The molecule has 1 atom stereocenters. The molecule has 5 nitrogen and oxygen atoms in total. The van der Waals surface area contributed by atoms with Gasteiger partial charge in [-0.1, -0.05) is 18.2 Å². The van der Waals surface area contributed by atoms with Crippen LogP contribution in [0.5, 0.6) is 0 Å². The number of aliphatic hydroxyl groups is 1. The third kappa shape index (κ3) is 6.28. The monoisotopic (exact) mass is 488 g/mol. The predicted octanol–water partition coefficient (Wildman–Crippen LogP) is 5.38. The first-order chi connectivity index (χ1) is 16.6. The van der Waals surface area contributed by atoms with Crippen molar-refractivity contribution in [2.75, 3.05) is 13.1 Å². The van der Waals surface area contributed by atoms with Gasteiger partial charge < -0.3 is 10.0 Å². The molecule has 35 heavy (non-hydrogen) atoms. The summed E-state index contributed by atoms with van der Waals surface area (Å²) in [6.07, 6.45) is 4.03. The number of likely N-dealkylation sites (tertiary alicyclic amines) is 1. The maximum Gasteiger partial charge on any atom is 0.416 e. The summed E-state index contributed by atoms with van der Waals surface area (Å²) in [6, 6.07) is 8.11. The topological polar surface area (TPSA) is 70.5 Å². The lowest BCUT2D eigenvalue weighted by atomic mass is 9.73. The van der Waals surface area contributed by atoms with E-state index in [0.717, 1.165) is 43.4 Å². The lowest BCUT2D eigenvalue weighted by Gasteiger charge is -2.37. The van der Waals surface area contributed by atoms with E-state index in [1.807, 2.05) is 12.1 Å². The summed E-state index contributed by atoms with van der Waals surface area (Å²) >= 11 is 0. The van der Waals surface area contributed by atoms with E-state index in [1.165, 1.54) is 12.1 Å². The molecule has 8 heteroatoms. The summed E-state index contributed by atoms with van der Waals surface area (Å²) in [5.74, 6) is 0.327. The van der Waals surface area contributed by atoms with Gasteiger partial charge in [-0.2, -0.15) is 13.2 Å². The largest absolute Gasteiger partial charge is 0.416 e. The first-order valence-corrected chi connectivity index (χ1v) is 12.3. The van der Waals surface area contributed by atoms with Crippen LogP contribution in [0.2, 0.25) is 0 Å². The maximum atomic E-state index is 12.9. The molecule has 1 aliphatic carbocycles. The highest BCUT2D eigenvalue weighted by atomic mass is 19.4. The Morgan fingerprint density at radius 1 is 1.06 bits per heavy atom. The summed E-state index contributed by atoms with van der Waals surface area (Å²) in [6.45, 7) is 1.30. The van der Waals surface area contributed by atoms with Crippen molar-refractivity contribution in [1.29, 1.82) is 0 Å². The molecule has 2 aromatic rings. The molecule has 1 unspecified atom stereocenters. The second kappa shape index (κ2) is 10.5. The lowest BCUT2D eigenvalue weighted by Crippen LogP contribution is -2.32. The minimum absolute atomic E-state index is 0.00334. The molecule has 1 saturated heterocycles. The van der Waals surface area contributed by atoms with Gasteiger partial charge >= 0.3 is 6.18 Å². The summed E-state index contributed by atoms with van der Waals surface area (Å²) < 4.78 is 38.6. The molecule has 0 radical (unpaired) electrons. The van der Waals surface area contributed by atoms with E-state index in [1.54, 1.807) is 17.3 Å². The van der Waals surface area contributed by atoms with E-state index in [-0.39, 0.29) is 24.3 Å². The Morgan fingerprint density at radius 3 is 2.51 bits per heavy atom. The van der Waals surface area contributed by atoms with Crippen LogP contribution in [0.1, 0.15) is 72.9 Å². The van der Waals surface area contributed by atoms with Gasteiger partial charge in [0.25, 0.3) is 0 Å². The van der Waals surface area contributed by atoms with Gasteiger partial charge in [-0.3, -0.25) is 14.6 Å². The van der Waals surface area contributed by atoms with Crippen molar-refractivity contribution in [2.45, 2.75) is 63.1 Å². The van der Waals surface area contributed by atoms with E-state index in [9.17, 15) is 27.9 Å². The standard InChI is InChI=1S/C27H31F3N2O3/c28-27(29,30)22-4-1-3-21(16-22)24(33)6-7-25(34)32-14-10-20(18-32)15-19-8-11-26(35,12-9-19)23-5-2-13-31-17-23/h1-5,13,16-17,19-20,35H,6-12,14-15,18H2. The molecule has 1 N–H and O–H groups in total. The number of nitrogens with zero attached hydrogens (tertiary/aromatic N) is 2. The third-order valence-corrected chi connectivity index (χ3v) is 7.51. The van der Waals surface area contributed by atoms with Crippen LogP contribution in [0, 0.1) is 11.8 Å². The summed E-state index contributed by atoms with van der Waals surface area (Å²) in [5, 5.41) is 11.0. The summed E-state index contributed by atoms with van der Waals surface area (Å²) in [4.78, 5) is 30.9. The predicted molar refractivity (Wildman–Crippen MR) is 124 cm³/mol. The highest BCUT2D eigenvalue weighted by Gasteiger charge is 2.37. The molecule has 2 heterocycles. The number of carbonyl (C=O) groups is 2. The normalized spacial score (nSPS) is 25.0. The summed E-state index contributed by atoms with van der Waals surface area (Å²) in [7, 11) is 0. The highest BCUT2D eigenvalue weighted by molar-refractivity contribution is 5.98. The Morgan fingerprint density at radius 2 is 1.83 bits per heavy atom. The Labute approximate surface area is 203 Å². The fraction of sp³-hybridized carbons (Fsp3) is 0.519. The second-order valence-electron chi connectivity index (χ2n) is 9.95. The fourth-order valence-electron chi connectivity index (χ4n) is 5.43. The molecule has 2 fully saturated rings. The zero-order chi connectivity index (χ0) is 25.1. The molecule has 1 aliphatic heterocycles. The minimum atomic E-state index is -4.51. The second-order valence-corrected chi connectivity index (χ2v) is 9.95. The number of rotatable bonds is 7. The van der Waals surface area contributed by atoms with Crippen LogP contribution >= 0.6 is 0 Å². The maximum absolute atomic E-state index is 12.9. The van der Waals surface area contributed by atoms with Gasteiger partial charge in [0, 0.05) is 49.5 Å². The number of pyridine rings is 1. The molecule has 1 saturated carbocycles. The van der Waals surface area contributed by atoms with Crippen LogP contribution in [-0.4, -0.2) is 39.8 Å². The number of carbonyl (C=O) groups excluding carboxylic acids is 2. The average Bonchev–Trinajstić information content (AvgIpc) is 3.32. The number of ketones is 1. The van der Waals surface area contributed by atoms with Crippen molar-refractivity contribution in [3.05, 3.63) is 65.5 Å². The third-order valence-electron chi connectivity index (χ3n) is 7.51. The lowest BCUT2D eigenvalue weighted by molar-refractivity contribution is -0.137.